The predicted octanol–water partition coefficient (Wildman–Crippen LogP) is 5.79. The van der Waals surface area contributed by atoms with Crippen LogP contribution in [-0.4, -0.2) is 39.0 Å². The minimum absolute atomic E-state index is 0.0384. The van der Waals surface area contributed by atoms with E-state index in [1.54, 1.807) is 11.0 Å². The van der Waals surface area contributed by atoms with Crippen LogP contribution in [0, 0.1) is 5.92 Å². The number of rotatable bonds is 3. The Labute approximate surface area is 223 Å². The number of anilines is 1. The van der Waals surface area contributed by atoms with E-state index in [1.165, 1.54) is 0 Å². The first-order chi connectivity index (χ1) is 19.0. The number of ketones is 1. The van der Waals surface area contributed by atoms with Gasteiger partial charge in [0.2, 0.25) is 0 Å². The van der Waals surface area contributed by atoms with Crippen molar-refractivity contribution < 1.29 is 14.4 Å². The zero-order valence-corrected chi connectivity index (χ0v) is 21.0. The largest absolute Gasteiger partial charge is 0.351 e. The Morgan fingerprint density at radius 1 is 0.872 bits per heavy atom. The van der Waals surface area contributed by atoms with Gasteiger partial charge in [-0.1, -0.05) is 42.5 Å². The summed E-state index contributed by atoms with van der Waals surface area (Å²) in [6.07, 6.45) is 3.56. The molecule has 1 saturated heterocycles. The van der Waals surface area contributed by atoms with Crippen LogP contribution in [0.3, 0.4) is 0 Å². The second kappa shape index (κ2) is 7.80. The number of piperidine rings is 1. The Hall–Kier alpha value is -4.91. The number of carbonyl (C=O) groups excluding carboxylic acids is 3. The van der Waals surface area contributed by atoms with Gasteiger partial charge in [-0.25, -0.2) is 0 Å². The summed E-state index contributed by atoms with van der Waals surface area (Å²) in [5, 5.41) is 4.75. The van der Waals surface area contributed by atoms with E-state index >= 15 is 0 Å². The van der Waals surface area contributed by atoms with E-state index < -0.39 is 0 Å². The lowest BCUT2D eigenvalue weighted by Crippen LogP contribution is -2.43. The Kier molecular flexibility index (Phi) is 4.42. The predicted molar refractivity (Wildman–Crippen MR) is 149 cm³/mol. The molecular formula is C32H24N4O3. The number of nitrogens with zero attached hydrogens (tertiary/aromatic N) is 1. The summed E-state index contributed by atoms with van der Waals surface area (Å²) >= 11 is 0. The summed E-state index contributed by atoms with van der Waals surface area (Å²) in [7, 11) is 0. The fourth-order valence-electron chi connectivity index (χ4n) is 6.68. The average Bonchev–Trinajstić information content (AvgIpc) is 3.31. The molecule has 2 fully saturated rings. The van der Waals surface area contributed by atoms with E-state index in [0.717, 1.165) is 51.5 Å². The number of para-hydroxylation sites is 1. The van der Waals surface area contributed by atoms with Gasteiger partial charge < -0.3 is 20.2 Å². The van der Waals surface area contributed by atoms with E-state index in [-0.39, 0.29) is 23.0 Å². The third-order valence-corrected chi connectivity index (χ3v) is 8.62. The molecule has 7 nitrogen and oxygen atoms in total. The molecule has 3 aliphatic rings. The standard InChI is InChI=1S/C32H24N4O3/c37-28-16-29-32(23-7-3-2-6-22(23)28)17-20(32)11-12-36(29)31(39)27-15-19-13-21(9-10-25(19)35-27)33-30(38)26-14-18-5-1-4-8-24(18)34-26/h1-10,13-16,20,34-35H,11-12,17H2,(H,33,38)/t20-,32+/m0/s1. The number of nitrogens with one attached hydrogen (secondary N) is 3. The quantitative estimate of drug-likeness (QED) is 0.286. The van der Waals surface area contributed by atoms with Gasteiger partial charge in [-0.2, -0.15) is 0 Å². The lowest BCUT2D eigenvalue weighted by atomic mass is 9.77. The summed E-state index contributed by atoms with van der Waals surface area (Å²) in [5.41, 5.74) is 5.70. The van der Waals surface area contributed by atoms with Crippen molar-refractivity contribution in [1.82, 2.24) is 14.9 Å². The zero-order valence-electron chi connectivity index (χ0n) is 21.0. The van der Waals surface area contributed by atoms with Crippen molar-refractivity contribution in [3.8, 4) is 0 Å². The molecule has 3 N–H and O–H groups in total. The Morgan fingerprint density at radius 2 is 1.64 bits per heavy atom. The molecule has 2 amide bonds. The van der Waals surface area contributed by atoms with Crippen molar-refractivity contribution in [3.63, 3.8) is 0 Å². The molecule has 2 aromatic heterocycles. The van der Waals surface area contributed by atoms with Gasteiger partial charge in [0, 0.05) is 56.8 Å². The zero-order chi connectivity index (χ0) is 26.3. The lowest BCUT2D eigenvalue weighted by molar-refractivity contribution is 0.0762. The van der Waals surface area contributed by atoms with Gasteiger partial charge in [0.05, 0.1) is 0 Å². The van der Waals surface area contributed by atoms with Crippen LogP contribution in [0.4, 0.5) is 5.69 Å². The molecule has 5 aromatic rings. The third kappa shape index (κ3) is 3.19. The van der Waals surface area contributed by atoms with E-state index in [2.05, 4.69) is 15.3 Å². The number of carbonyl (C=O) groups is 3. The highest BCUT2D eigenvalue weighted by Gasteiger charge is 2.64. The molecule has 7 heteroatoms. The maximum Gasteiger partial charge on any atom is 0.274 e. The Morgan fingerprint density at radius 3 is 2.54 bits per heavy atom. The number of hydrogen-bond donors (Lipinski definition) is 3. The normalized spacial score (nSPS) is 21.2. The Balaban J connectivity index is 1.08. The van der Waals surface area contributed by atoms with Gasteiger partial charge in [0.25, 0.3) is 11.8 Å². The summed E-state index contributed by atoms with van der Waals surface area (Å²) in [6, 6.07) is 24.7. The van der Waals surface area contributed by atoms with E-state index in [4.69, 9.17) is 0 Å². The lowest BCUT2D eigenvalue weighted by Gasteiger charge is -2.38. The van der Waals surface area contributed by atoms with Gasteiger partial charge in [-0.05, 0) is 60.7 Å². The average molecular weight is 513 g/mol. The fourth-order valence-corrected chi connectivity index (χ4v) is 6.68. The van der Waals surface area contributed by atoms with Crippen LogP contribution in [-0.2, 0) is 5.41 Å². The van der Waals surface area contributed by atoms with Crippen LogP contribution in [0.15, 0.2) is 90.6 Å². The number of fused-ring (bicyclic) bond motifs is 3. The van der Waals surface area contributed by atoms with Crippen molar-refractivity contribution in [2.75, 3.05) is 11.9 Å². The minimum Gasteiger partial charge on any atom is -0.351 e. The van der Waals surface area contributed by atoms with Gasteiger partial charge in [-0.15, -0.1) is 0 Å². The van der Waals surface area contributed by atoms with Crippen molar-refractivity contribution >= 4 is 45.1 Å². The summed E-state index contributed by atoms with van der Waals surface area (Å²) < 4.78 is 0. The first kappa shape index (κ1) is 22.1. The Bertz CT molecular complexity index is 1880. The first-order valence-electron chi connectivity index (χ1n) is 13.2. The van der Waals surface area contributed by atoms with Crippen LogP contribution < -0.4 is 5.32 Å². The highest BCUT2D eigenvalue weighted by atomic mass is 16.2. The number of likely N-dealkylation sites (tertiary alicyclic amines) is 1. The molecule has 39 heavy (non-hydrogen) atoms. The van der Waals surface area contributed by atoms with Crippen molar-refractivity contribution in [1.29, 1.82) is 0 Å². The number of hydrogen-bond acceptors (Lipinski definition) is 3. The number of H-pyrrole nitrogens is 2. The molecule has 1 aliphatic heterocycles. The van der Waals surface area contributed by atoms with Crippen LogP contribution in [0.5, 0.6) is 0 Å². The number of amides is 2. The third-order valence-electron chi connectivity index (χ3n) is 8.62. The summed E-state index contributed by atoms with van der Waals surface area (Å²) in [5.74, 6) is 0.0546. The summed E-state index contributed by atoms with van der Waals surface area (Å²) in [6.45, 7) is 0.591. The molecule has 0 unspecified atom stereocenters. The SMILES string of the molecule is O=C(Nc1ccc2[nH]c(C(=O)N3CC[C@H]4C[C@@]45C3=CC(=O)c3ccccc35)cc2c1)c1cc2ccccc2[nH]1. The molecule has 8 rings (SSSR count). The van der Waals surface area contributed by atoms with E-state index in [9.17, 15) is 14.4 Å². The van der Waals surface area contributed by atoms with Crippen LogP contribution in [0.25, 0.3) is 21.8 Å². The second-order valence-electron chi connectivity index (χ2n) is 10.8. The number of aromatic nitrogens is 2. The molecule has 0 bridgehead atoms. The summed E-state index contributed by atoms with van der Waals surface area (Å²) in [4.78, 5) is 47.8. The van der Waals surface area contributed by atoms with Gasteiger partial charge >= 0.3 is 0 Å². The first-order valence-corrected chi connectivity index (χ1v) is 13.2. The monoisotopic (exact) mass is 512 g/mol. The molecule has 1 spiro atoms. The maximum absolute atomic E-state index is 13.8. The van der Waals surface area contributed by atoms with Crippen molar-refractivity contribution in [2.24, 2.45) is 5.92 Å². The molecule has 2 atom stereocenters. The molecule has 3 heterocycles. The van der Waals surface area contributed by atoms with Crippen LogP contribution in [0.2, 0.25) is 0 Å². The fraction of sp³-hybridized carbons (Fsp3) is 0.156. The van der Waals surface area contributed by atoms with E-state index in [1.807, 2.05) is 78.9 Å². The molecule has 1 saturated carbocycles. The van der Waals surface area contributed by atoms with Gasteiger partial charge in [-0.3, -0.25) is 14.4 Å². The molecule has 190 valence electrons. The van der Waals surface area contributed by atoms with E-state index in [0.29, 0.717) is 29.5 Å². The van der Waals surface area contributed by atoms with Crippen molar-refractivity contribution in [2.45, 2.75) is 18.3 Å². The molecule has 2 aliphatic carbocycles. The highest BCUT2D eigenvalue weighted by molar-refractivity contribution is 6.10. The smallest absolute Gasteiger partial charge is 0.274 e. The highest BCUT2D eigenvalue weighted by Crippen LogP contribution is 2.65. The van der Waals surface area contributed by atoms with Crippen molar-refractivity contribution in [3.05, 3.63) is 113 Å². The second-order valence-corrected chi connectivity index (χ2v) is 10.8. The van der Waals surface area contributed by atoms with Crippen LogP contribution in [0.1, 0.15) is 49.7 Å². The minimum atomic E-state index is -0.232. The van der Waals surface area contributed by atoms with Gasteiger partial charge in [0.1, 0.15) is 11.4 Å². The topological polar surface area (TPSA) is 98.1 Å². The number of aromatic amines is 2. The molecule has 3 aromatic carbocycles. The molecule has 0 radical (unpaired) electrons. The van der Waals surface area contributed by atoms with Crippen LogP contribution >= 0.6 is 0 Å². The maximum atomic E-state index is 13.8. The van der Waals surface area contributed by atoms with Gasteiger partial charge in [0.15, 0.2) is 5.78 Å². The number of allylic oxidation sites excluding steroid dienone is 2. The number of benzene rings is 3. The molecular weight excluding hydrogens is 488 g/mol.